The molecule has 0 amide bonds. The van der Waals surface area contributed by atoms with Gasteiger partial charge in [-0.1, -0.05) is 12.1 Å². The monoisotopic (exact) mass is 269 g/mol. The summed E-state index contributed by atoms with van der Waals surface area (Å²) in [5.41, 5.74) is 1.09. The zero-order chi connectivity index (χ0) is 13.0. The quantitative estimate of drug-likeness (QED) is 0.861. The molecule has 18 heavy (non-hydrogen) atoms. The Morgan fingerprint density at radius 1 is 1.56 bits per heavy atom. The molecule has 2 unspecified atom stereocenters. The zero-order valence-corrected chi connectivity index (χ0v) is 11.5. The third kappa shape index (κ3) is 3.25. The van der Waals surface area contributed by atoms with Crippen molar-refractivity contribution in [2.45, 2.75) is 43.2 Å². The standard InChI is InChI=1S/C14H20FNOS/c1-10(4-3-8-17)16-13-7-9-18-14-11(13)5-2-6-12(14)15/h2,5-6,10,13,16-17H,3-4,7-9H2,1H3. The van der Waals surface area contributed by atoms with Gasteiger partial charge in [0.2, 0.25) is 0 Å². The molecule has 0 aliphatic carbocycles. The maximum atomic E-state index is 13.7. The van der Waals surface area contributed by atoms with E-state index in [4.69, 9.17) is 5.11 Å². The molecule has 1 heterocycles. The van der Waals surface area contributed by atoms with E-state index in [0.717, 1.165) is 35.5 Å². The average molecular weight is 269 g/mol. The molecule has 0 aromatic heterocycles. The highest BCUT2D eigenvalue weighted by Gasteiger charge is 2.23. The predicted octanol–water partition coefficient (Wildman–Crippen LogP) is 3.11. The molecule has 2 N–H and O–H groups in total. The summed E-state index contributed by atoms with van der Waals surface area (Å²) in [6, 6.07) is 5.92. The summed E-state index contributed by atoms with van der Waals surface area (Å²) in [4.78, 5) is 0.801. The Balaban J connectivity index is 2.06. The van der Waals surface area contributed by atoms with Gasteiger partial charge in [-0.2, -0.15) is 0 Å². The molecular formula is C14H20FNOS. The van der Waals surface area contributed by atoms with Gasteiger partial charge in [-0.15, -0.1) is 11.8 Å². The summed E-state index contributed by atoms with van der Waals surface area (Å²) in [5, 5.41) is 12.4. The van der Waals surface area contributed by atoms with E-state index in [1.54, 1.807) is 17.8 Å². The van der Waals surface area contributed by atoms with Gasteiger partial charge >= 0.3 is 0 Å². The number of hydrogen-bond acceptors (Lipinski definition) is 3. The van der Waals surface area contributed by atoms with Crippen molar-refractivity contribution in [2.24, 2.45) is 0 Å². The molecule has 0 saturated carbocycles. The second kappa shape index (κ2) is 6.55. The maximum Gasteiger partial charge on any atom is 0.137 e. The first-order chi connectivity index (χ1) is 8.72. The van der Waals surface area contributed by atoms with E-state index in [1.165, 1.54) is 6.07 Å². The summed E-state index contributed by atoms with van der Waals surface area (Å²) in [6.07, 6.45) is 2.79. The predicted molar refractivity (Wildman–Crippen MR) is 73.4 cm³/mol. The topological polar surface area (TPSA) is 32.3 Å². The molecule has 1 aliphatic heterocycles. The minimum atomic E-state index is -0.105. The fourth-order valence-corrected chi connectivity index (χ4v) is 3.52. The molecule has 100 valence electrons. The van der Waals surface area contributed by atoms with E-state index in [-0.39, 0.29) is 18.5 Å². The second-order valence-electron chi connectivity index (χ2n) is 4.78. The molecule has 1 aliphatic rings. The maximum absolute atomic E-state index is 13.7. The number of aliphatic hydroxyl groups excluding tert-OH is 1. The van der Waals surface area contributed by atoms with Crippen LogP contribution in [0.25, 0.3) is 0 Å². The molecule has 0 spiro atoms. The van der Waals surface area contributed by atoms with Gasteiger partial charge in [-0.3, -0.25) is 0 Å². The van der Waals surface area contributed by atoms with Crippen LogP contribution < -0.4 is 5.32 Å². The Kier molecular flexibility index (Phi) is 5.03. The van der Waals surface area contributed by atoms with Crippen LogP contribution in [0, 0.1) is 5.82 Å². The summed E-state index contributed by atoms with van der Waals surface area (Å²) in [7, 11) is 0. The number of aliphatic hydroxyl groups is 1. The lowest BCUT2D eigenvalue weighted by Crippen LogP contribution is -2.32. The van der Waals surface area contributed by atoms with Crippen LogP contribution in [0.15, 0.2) is 23.1 Å². The van der Waals surface area contributed by atoms with Gasteiger partial charge in [-0.05, 0) is 43.6 Å². The Morgan fingerprint density at radius 3 is 3.17 bits per heavy atom. The molecule has 2 atom stereocenters. The zero-order valence-electron chi connectivity index (χ0n) is 10.7. The second-order valence-corrected chi connectivity index (χ2v) is 5.89. The summed E-state index contributed by atoms with van der Waals surface area (Å²) in [6.45, 7) is 2.36. The van der Waals surface area contributed by atoms with Crippen LogP contribution >= 0.6 is 11.8 Å². The van der Waals surface area contributed by atoms with E-state index in [2.05, 4.69) is 12.2 Å². The molecule has 1 aromatic rings. The average Bonchev–Trinajstić information content (AvgIpc) is 2.38. The van der Waals surface area contributed by atoms with E-state index in [9.17, 15) is 4.39 Å². The van der Waals surface area contributed by atoms with Gasteiger partial charge in [0, 0.05) is 23.6 Å². The summed E-state index contributed by atoms with van der Waals surface area (Å²) in [5.74, 6) is 0.852. The highest BCUT2D eigenvalue weighted by molar-refractivity contribution is 7.99. The van der Waals surface area contributed by atoms with Crippen LogP contribution in [-0.2, 0) is 0 Å². The lowest BCUT2D eigenvalue weighted by molar-refractivity contribution is 0.273. The lowest BCUT2D eigenvalue weighted by Gasteiger charge is -2.29. The van der Waals surface area contributed by atoms with Crippen molar-refractivity contribution in [3.8, 4) is 0 Å². The summed E-state index contributed by atoms with van der Waals surface area (Å²) >= 11 is 1.61. The van der Waals surface area contributed by atoms with Gasteiger partial charge in [-0.25, -0.2) is 4.39 Å². The Morgan fingerprint density at radius 2 is 2.39 bits per heavy atom. The number of thioether (sulfide) groups is 1. The van der Waals surface area contributed by atoms with Crippen molar-refractivity contribution in [3.05, 3.63) is 29.6 Å². The van der Waals surface area contributed by atoms with Crippen LogP contribution in [0.2, 0.25) is 0 Å². The lowest BCUT2D eigenvalue weighted by atomic mass is 10.0. The number of nitrogens with one attached hydrogen (secondary N) is 1. The highest BCUT2D eigenvalue weighted by Crippen LogP contribution is 2.37. The van der Waals surface area contributed by atoms with Gasteiger partial charge in [0.1, 0.15) is 5.82 Å². The van der Waals surface area contributed by atoms with Crippen LogP contribution in [-0.4, -0.2) is 23.5 Å². The van der Waals surface area contributed by atoms with Gasteiger partial charge in [0.25, 0.3) is 0 Å². The number of hydrogen-bond donors (Lipinski definition) is 2. The van der Waals surface area contributed by atoms with Gasteiger partial charge in [0.15, 0.2) is 0 Å². The third-order valence-electron chi connectivity index (χ3n) is 3.31. The van der Waals surface area contributed by atoms with Crippen molar-refractivity contribution in [2.75, 3.05) is 12.4 Å². The SMILES string of the molecule is CC(CCCO)NC1CCSc2c(F)cccc21. The minimum Gasteiger partial charge on any atom is -0.396 e. The van der Waals surface area contributed by atoms with E-state index < -0.39 is 0 Å². The van der Waals surface area contributed by atoms with Crippen LogP contribution in [0.4, 0.5) is 4.39 Å². The summed E-state index contributed by atoms with van der Waals surface area (Å²) < 4.78 is 13.7. The normalized spacial score (nSPS) is 20.5. The smallest absolute Gasteiger partial charge is 0.137 e. The number of benzene rings is 1. The minimum absolute atomic E-state index is 0.105. The first-order valence-corrected chi connectivity index (χ1v) is 7.49. The molecule has 0 fully saturated rings. The van der Waals surface area contributed by atoms with Crippen molar-refractivity contribution in [1.82, 2.24) is 5.32 Å². The number of rotatable bonds is 5. The largest absolute Gasteiger partial charge is 0.396 e. The molecular weight excluding hydrogens is 249 g/mol. The van der Waals surface area contributed by atoms with Gasteiger partial charge in [0.05, 0.1) is 0 Å². The first kappa shape index (κ1) is 13.8. The molecule has 1 aromatic carbocycles. The molecule has 2 rings (SSSR count). The molecule has 4 heteroatoms. The fraction of sp³-hybridized carbons (Fsp3) is 0.571. The highest BCUT2D eigenvalue weighted by atomic mass is 32.2. The first-order valence-electron chi connectivity index (χ1n) is 6.50. The van der Waals surface area contributed by atoms with Crippen molar-refractivity contribution in [3.63, 3.8) is 0 Å². The molecule has 0 saturated heterocycles. The molecule has 0 radical (unpaired) electrons. The Labute approximate surface area is 112 Å². The third-order valence-corrected chi connectivity index (χ3v) is 4.47. The van der Waals surface area contributed by atoms with Gasteiger partial charge < -0.3 is 10.4 Å². The van der Waals surface area contributed by atoms with Crippen molar-refractivity contribution >= 4 is 11.8 Å². The number of halogens is 1. The van der Waals surface area contributed by atoms with E-state index in [1.807, 2.05) is 6.07 Å². The van der Waals surface area contributed by atoms with Crippen molar-refractivity contribution < 1.29 is 9.50 Å². The van der Waals surface area contributed by atoms with Crippen LogP contribution in [0.1, 0.15) is 37.8 Å². The Hall–Kier alpha value is -0.580. The Bertz CT molecular complexity index is 399. The fourth-order valence-electron chi connectivity index (χ4n) is 2.38. The van der Waals surface area contributed by atoms with Crippen molar-refractivity contribution in [1.29, 1.82) is 0 Å². The number of fused-ring (bicyclic) bond motifs is 1. The van der Waals surface area contributed by atoms with Crippen LogP contribution in [0.5, 0.6) is 0 Å². The van der Waals surface area contributed by atoms with Crippen LogP contribution in [0.3, 0.4) is 0 Å². The van der Waals surface area contributed by atoms with E-state index >= 15 is 0 Å². The van der Waals surface area contributed by atoms with E-state index in [0.29, 0.717) is 6.04 Å². The molecule has 0 bridgehead atoms. The molecule has 2 nitrogen and oxygen atoms in total.